The smallest absolute Gasteiger partial charge is 0.338 e. The number of hydrogen-bond acceptors (Lipinski definition) is 6. The highest BCUT2D eigenvalue weighted by Crippen LogP contribution is 2.32. The molecule has 3 rings (SSSR count). The van der Waals surface area contributed by atoms with Gasteiger partial charge in [-0.3, -0.25) is 19.7 Å². The van der Waals surface area contributed by atoms with E-state index in [-0.39, 0.29) is 11.5 Å². The molecule has 132 valence electrons. The van der Waals surface area contributed by atoms with Crippen LogP contribution in [0.15, 0.2) is 53.4 Å². The SMILES string of the molecule is O=C(COC(=O)c1ccc2c(c1)NC(=O)CS2)NC(=O)c1ccccc1. The molecule has 0 bridgehead atoms. The van der Waals surface area contributed by atoms with Gasteiger partial charge in [0.05, 0.1) is 17.0 Å². The van der Waals surface area contributed by atoms with Gasteiger partial charge in [-0.2, -0.15) is 0 Å². The zero-order valence-corrected chi connectivity index (χ0v) is 14.3. The molecule has 2 aromatic rings. The van der Waals surface area contributed by atoms with E-state index in [1.807, 2.05) is 0 Å². The number of carbonyl (C=O) groups excluding carboxylic acids is 4. The molecule has 1 aliphatic heterocycles. The molecule has 0 saturated heterocycles. The van der Waals surface area contributed by atoms with E-state index in [1.165, 1.54) is 17.8 Å². The summed E-state index contributed by atoms with van der Waals surface area (Å²) in [7, 11) is 0. The maximum atomic E-state index is 12.1. The number of amides is 3. The van der Waals surface area contributed by atoms with E-state index in [1.54, 1.807) is 42.5 Å². The molecule has 0 radical (unpaired) electrons. The fourth-order valence-electron chi connectivity index (χ4n) is 2.25. The molecule has 1 heterocycles. The van der Waals surface area contributed by atoms with E-state index >= 15 is 0 Å². The van der Waals surface area contributed by atoms with Gasteiger partial charge < -0.3 is 10.1 Å². The highest BCUT2D eigenvalue weighted by Gasteiger charge is 2.19. The van der Waals surface area contributed by atoms with Crippen molar-refractivity contribution in [2.45, 2.75) is 4.90 Å². The van der Waals surface area contributed by atoms with Crippen LogP contribution in [0, 0.1) is 0 Å². The average molecular weight is 370 g/mol. The van der Waals surface area contributed by atoms with Gasteiger partial charge in [-0.25, -0.2) is 4.79 Å². The van der Waals surface area contributed by atoms with Crippen LogP contribution >= 0.6 is 11.8 Å². The molecule has 1 aliphatic rings. The van der Waals surface area contributed by atoms with Crippen LogP contribution in [-0.2, 0) is 14.3 Å². The Morgan fingerprint density at radius 2 is 1.85 bits per heavy atom. The first-order chi connectivity index (χ1) is 12.5. The molecular formula is C18H14N2O5S. The first-order valence-electron chi connectivity index (χ1n) is 7.66. The second-order valence-corrected chi connectivity index (χ2v) is 6.38. The molecule has 0 saturated carbocycles. The van der Waals surface area contributed by atoms with E-state index in [4.69, 9.17) is 4.74 Å². The number of imide groups is 1. The Labute approximate surface area is 153 Å². The summed E-state index contributed by atoms with van der Waals surface area (Å²) >= 11 is 1.37. The lowest BCUT2D eigenvalue weighted by molar-refractivity contribution is -0.123. The highest BCUT2D eigenvalue weighted by atomic mass is 32.2. The minimum Gasteiger partial charge on any atom is -0.452 e. The molecule has 26 heavy (non-hydrogen) atoms. The van der Waals surface area contributed by atoms with Crippen molar-refractivity contribution in [3.63, 3.8) is 0 Å². The Morgan fingerprint density at radius 1 is 1.08 bits per heavy atom. The minimum absolute atomic E-state index is 0.146. The van der Waals surface area contributed by atoms with Crippen molar-refractivity contribution in [1.29, 1.82) is 0 Å². The van der Waals surface area contributed by atoms with Gasteiger partial charge in [0.25, 0.3) is 11.8 Å². The lowest BCUT2D eigenvalue weighted by atomic mass is 10.2. The fourth-order valence-corrected chi connectivity index (χ4v) is 3.04. The largest absolute Gasteiger partial charge is 0.452 e. The van der Waals surface area contributed by atoms with Crippen molar-refractivity contribution in [3.8, 4) is 0 Å². The van der Waals surface area contributed by atoms with E-state index in [0.717, 1.165) is 4.90 Å². The summed E-state index contributed by atoms with van der Waals surface area (Å²) in [5, 5.41) is 4.82. The molecule has 0 aliphatic carbocycles. The lowest BCUT2D eigenvalue weighted by Crippen LogP contribution is -2.34. The van der Waals surface area contributed by atoms with E-state index in [0.29, 0.717) is 17.0 Å². The van der Waals surface area contributed by atoms with Gasteiger partial charge in [0.2, 0.25) is 5.91 Å². The van der Waals surface area contributed by atoms with Crippen LogP contribution in [-0.4, -0.2) is 36.1 Å². The molecule has 0 atom stereocenters. The first kappa shape index (κ1) is 17.7. The second kappa shape index (κ2) is 7.83. The number of nitrogens with one attached hydrogen (secondary N) is 2. The molecule has 3 amide bonds. The number of anilines is 1. The number of carbonyl (C=O) groups is 4. The topological polar surface area (TPSA) is 102 Å². The maximum Gasteiger partial charge on any atom is 0.338 e. The molecule has 2 N–H and O–H groups in total. The zero-order chi connectivity index (χ0) is 18.5. The molecular weight excluding hydrogens is 356 g/mol. The Morgan fingerprint density at radius 3 is 2.62 bits per heavy atom. The molecule has 0 aromatic heterocycles. The minimum atomic E-state index is -0.728. The van der Waals surface area contributed by atoms with Crippen LogP contribution in [0.3, 0.4) is 0 Å². The third kappa shape index (κ3) is 4.28. The molecule has 8 heteroatoms. The molecule has 2 aromatic carbocycles. The third-order valence-electron chi connectivity index (χ3n) is 3.47. The fraction of sp³-hybridized carbons (Fsp3) is 0.111. The number of rotatable bonds is 4. The third-order valence-corrected chi connectivity index (χ3v) is 4.54. The van der Waals surface area contributed by atoms with E-state index < -0.39 is 24.4 Å². The summed E-state index contributed by atoms with van der Waals surface area (Å²) in [5.41, 5.74) is 1.06. The lowest BCUT2D eigenvalue weighted by Gasteiger charge is -2.16. The Hall–Kier alpha value is -3.13. The van der Waals surface area contributed by atoms with Crippen LogP contribution < -0.4 is 10.6 Å². The summed E-state index contributed by atoms with van der Waals surface area (Å²) in [6, 6.07) is 13.0. The van der Waals surface area contributed by atoms with E-state index in [9.17, 15) is 19.2 Å². The monoisotopic (exact) mass is 370 g/mol. The van der Waals surface area contributed by atoms with E-state index in [2.05, 4.69) is 10.6 Å². The molecule has 0 unspecified atom stereocenters. The van der Waals surface area contributed by atoms with Crippen molar-refractivity contribution in [1.82, 2.24) is 5.32 Å². The number of fused-ring (bicyclic) bond motifs is 1. The summed E-state index contributed by atoms with van der Waals surface area (Å²) in [6.07, 6.45) is 0. The van der Waals surface area contributed by atoms with Gasteiger partial charge >= 0.3 is 5.97 Å². The van der Waals surface area contributed by atoms with Crippen LogP contribution in [0.1, 0.15) is 20.7 Å². The van der Waals surface area contributed by atoms with Crippen molar-refractivity contribution in [2.24, 2.45) is 0 Å². The summed E-state index contributed by atoms with van der Waals surface area (Å²) in [6.45, 7) is -0.588. The Balaban J connectivity index is 1.55. The van der Waals surface area contributed by atoms with Gasteiger partial charge in [0.15, 0.2) is 6.61 Å². The van der Waals surface area contributed by atoms with Crippen molar-refractivity contribution in [3.05, 3.63) is 59.7 Å². The number of benzene rings is 2. The average Bonchev–Trinajstić information content (AvgIpc) is 2.66. The van der Waals surface area contributed by atoms with Gasteiger partial charge in [0.1, 0.15) is 0 Å². The Kier molecular flexibility index (Phi) is 5.33. The predicted octanol–water partition coefficient (Wildman–Crippen LogP) is 1.84. The normalized spacial score (nSPS) is 12.5. The Bertz CT molecular complexity index is 882. The quantitative estimate of drug-likeness (QED) is 0.797. The number of thioether (sulfide) groups is 1. The van der Waals surface area contributed by atoms with Crippen LogP contribution in [0.25, 0.3) is 0 Å². The predicted molar refractivity (Wildman–Crippen MR) is 95.0 cm³/mol. The van der Waals surface area contributed by atoms with Crippen LogP contribution in [0.2, 0.25) is 0 Å². The van der Waals surface area contributed by atoms with Crippen molar-refractivity contribution < 1.29 is 23.9 Å². The first-order valence-corrected chi connectivity index (χ1v) is 8.64. The van der Waals surface area contributed by atoms with Crippen molar-refractivity contribution >= 4 is 41.1 Å². The molecule has 7 nitrogen and oxygen atoms in total. The molecule has 0 fully saturated rings. The summed E-state index contributed by atoms with van der Waals surface area (Å²) in [5.74, 6) is -1.84. The standard InChI is InChI=1S/C18H14N2O5S/c21-15(20-17(23)11-4-2-1-3-5-11)9-25-18(24)12-6-7-14-13(8-12)19-16(22)10-26-14/h1-8H,9-10H2,(H,19,22)(H,20,21,23). The second-order valence-electron chi connectivity index (χ2n) is 5.37. The van der Waals surface area contributed by atoms with Gasteiger partial charge in [-0.05, 0) is 30.3 Å². The summed E-state index contributed by atoms with van der Waals surface area (Å²) < 4.78 is 4.92. The maximum absolute atomic E-state index is 12.1. The molecule has 0 spiro atoms. The highest BCUT2D eigenvalue weighted by molar-refractivity contribution is 8.00. The number of hydrogen-bond donors (Lipinski definition) is 2. The van der Waals surface area contributed by atoms with Gasteiger partial charge in [-0.1, -0.05) is 18.2 Å². The number of ether oxygens (including phenoxy) is 1. The number of esters is 1. The van der Waals surface area contributed by atoms with Crippen LogP contribution in [0.5, 0.6) is 0 Å². The van der Waals surface area contributed by atoms with Gasteiger partial charge in [-0.15, -0.1) is 11.8 Å². The zero-order valence-electron chi connectivity index (χ0n) is 13.5. The van der Waals surface area contributed by atoms with Gasteiger partial charge in [0, 0.05) is 10.5 Å². The van der Waals surface area contributed by atoms with Crippen LogP contribution in [0.4, 0.5) is 5.69 Å². The summed E-state index contributed by atoms with van der Waals surface area (Å²) in [4.78, 5) is 47.9. The van der Waals surface area contributed by atoms with Crippen molar-refractivity contribution in [2.75, 3.05) is 17.7 Å².